The minimum atomic E-state index is -0.441. The van der Waals surface area contributed by atoms with Gasteiger partial charge in [-0.1, -0.05) is 13.8 Å². The van der Waals surface area contributed by atoms with Gasteiger partial charge >= 0.3 is 6.03 Å². The van der Waals surface area contributed by atoms with Crippen molar-refractivity contribution in [3.8, 4) is 0 Å². The molecule has 3 fully saturated rings. The van der Waals surface area contributed by atoms with E-state index in [1.807, 2.05) is 11.8 Å². The lowest BCUT2D eigenvalue weighted by Gasteiger charge is -2.31. The topological polar surface area (TPSA) is 65.1 Å². The van der Waals surface area contributed by atoms with Gasteiger partial charge in [0.2, 0.25) is 5.91 Å². The van der Waals surface area contributed by atoms with E-state index in [9.17, 15) is 9.59 Å². The maximum absolute atomic E-state index is 12.7. The minimum absolute atomic E-state index is 0.0154. The second kappa shape index (κ2) is 8.36. The highest BCUT2D eigenvalue weighted by Gasteiger charge is 2.34. The number of amides is 3. The van der Waals surface area contributed by atoms with Crippen molar-refractivity contribution in [1.82, 2.24) is 20.0 Å². The molecule has 2 heterocycles. The van der Waals surface area contributed by atoms with Crippen molar-refractivity contribution < 1.29 is 14.3 Å². The van der Waals surface area contributed by atoms with E-state index < -0.39 is 6.04 Å². The summed E-state index contributed by atoms with van der Waals surface area (Å²) in [6.45, 7) is 10.1. The first kappa shape index (κ1) is 18.5. The van der Waals surface area contributed by atoms with Crippen molar-refractivity contribution >= 4 is 11.9 Å². The molecule has 2 aliphatic heterocycles. The predicted octanol–water partition coefficient (Wildman–Crippen LogP) is 0.750. The molecule has 3 rings (SSSR count). The normalized spacial score (nSPS) is 26.9. The predicted molar refractivity (Wildman–Crippen MR) is 95.3 cm³/mol. The van der Waals surface area contributed by atoms with Crippen molar-refractivity contribution in [2.24, 2.45) is 5.92 Å². The second-order valence-corrected chi connectivity index (χ2v) is 7.63. The summed E-state index contributed by atoms with van der Waals surface area (Å²) in [5.41, 5.74) is 0. The van der Waals surface area contributed by atoms with Gasteiger partial charge in [0.1, 0.15) is 6.04 Å². The van der Waals surface area contributed by atoms with E-state index in [1.165, 1.54) is 12.8 Å². The first-order valence-electron chi connectivity index (χ1n) is 9.74. The number of nitrogens with zero attached hydrogens (tertiary/aromatic N) is 3. The Morgan fingerprint density at radius 2 is 1.80 bits per heavy atom. The molecule has 0 aromatic heterocycles. The summed E-state index contributed by atoms with van der Waals surface area (Å²) in [6, 6.07) is 0.193. The van der Waals surface area contributed by atoms with Crippen LogP contribution in [0.15, 0.2) is 0 Å². The number of carbonyl (C=O) groups excluding carboxylic acids is 2. The quantitative estimate of drug-likeness (QED) is 0.811. The molecule has 1 saturated carbocycles. The third-order valence-electron chi connectivity index (χ3n) is 5.41. The highest BCUT2D eigenvalue weighted by molar-refractivity contribution is 5.87. The SMILES string of the molecule is CCC(NC(=O)N1CCN(C2CC2)CC(C)C1)C(=O)N1CCOCC1. The van der Waals surface area contributed by atoms with Crippen molar-refractivity contribution in [2.45, 2.75) is 45.2 Å². The van der Waals surface area contributed by atoms with Crippen LogP contribution in [0.4, 0.5) is 4.79 Å². The Labute approximate surface area is 150 Å². The van der Waals surface area contributed by atoms with E-state index in [4.69, 9.17) is 4.74 Å². The highest BCUT2D eigenvalue weighted by Crippen LogP contribution is 2.28. The molecule has 3 amide bonds. The minimum Gasteiger partial charge on any atom is -0.378 e. The summed E-state index contributed by atoms with van der Waals surface area (Å²) < 4.78 is 5.31. The molecule has 0 aromatic rings. The summed E-state index contributed by atoms with van der Waals surface area (Å²) >= 11 is 0. The van der Waals surface area contributed by atoms with Crippen LogP contribution in [0.25, 0.3) is 0 Å². The number of urea groups is 1. The van der Waals surface area contributed by atoms with Crippen molar-refractivity contribution in [3.63, 3.8) is 0 Å². The fourth-order valence-corrected chi connectivity index (χ4v) is 3.80. The van der Waals surface area contributed by atoms with Crippen LogP contribution in [0.2, 0.25) is 0 Å². The summed E-state index contributed by atoms with van der Waals surface area (Å²) in [6.07, 6.45) is 3.20. The number of hydrogen-bond donors (Lipinski definition) is 1. The standard InChI is InChI=1S/C18H32N4O3/c1-3-16(17(23)20-8-10-25-11-9-20)19-18(24)22-7-6-21(15-4-5-15)12-14(2)13-22/h14-16H,3-13H2,1-2H3,(H,19,24). The van der Waals surface area contributed by atoms with Crippen LogP contribution in [0.5, 0.6) is 0 Å². The van der Waals surface area contributed by atoms with Crippen LogP contribution in [0, 0.1) is 5.92 Å². The van der Waals surface area contributed by atoms with Gasteiger partial charge in [-0.25, -0.2) is 4.79 Å². The molecule has 2 saturated heterocycles. The van der Waals surface area contributed by atoms with E-state index in [0.717, 1.165) is 32.2 Å². The molecule has 1 aliphatic carbocycles. The Bertz CT molecular complexity index is 477. The van der Waals surface area contributed by atoms with Crippen LogP contribution in [-0.4, -0.2) is 91.2 Å². The van der Waals surface area contributed by atoms with Gasteiger partial charge in [0.15, 0.2) is 0 Å². The lowest BCUT2D eigenvalue weighted by atomic mass is 10.1. The van der Waals surface area contributed by atoms with Crippen LogP contribution >= 0.6 is 0 Å². The number of nitrogens with one attached hydrogen (secondary N) is 1. The molecule has 2 unspecified atom stereocenters. The first-order chi connectivity index (χ1) is 12.1. The molecule has 1 N–H and O–H groups in total. The third-order valence-corrected chi connectivity index (χ3v) is 5.41. The van der Waals surface area contributed by atoms with Gasteiger partial charge in [0.05, 0.1) is 13.2 Å². The Balaban J connectivity index is 1.54. The van der Waals surface area contributed by atoms with E-state index in [2.05, 4.69) is 17.1 Å². The van der Waals surface area contributed by atoms with Gasteiger partial charge in [-0.2, -0.15) is 0 Å². The second-order valence-electron chi connectivity index (χ2n) is 7.63. The fourth-order valence-electron chi connectivity index (χ4n) is 3.80. The first-order valence-corrected chi connectivity index (χ1v) is 9.74. The molecule has 2 atom stereocenters. The zero-order valence-corrected chi connectivity index (χ0v) is 15.6. The van der Waals surface area contributed by atoms with Gasteiger partial charge in [0, 0.05) is 45.3 Å². The summed E-state index contributed by atoms with van der Waals surface area (Å²) in [7, 11) is 0. The number of hydrogen-bond acceptors (Lipinski definition) is 4. The van der Waals surface area contributed by atoms with Gasteiger partial charge in [-0.3, -0.25) is 9.69 Å². The molecule has 7 nitrogen and oxygen atoms in total. The zero-order chi connectivity index (χ0) is 17.8. The average molecular weight is 352 g/mol. The molecule has 25 heavy (non-hydrogen) atoms. The third kappa shape index (κ3) is 4.85. The molecule has 0 radical (unpaired) electrons. The summed E-state index contributed by atoms with van der Waals surface area (Å²) in [5.74, 6) is 0.477. The molecule has 0 spiro atoms. The van der Waals surface area contributed by atoms with Crippen LogP contribution in [0.3, 0.4) is 0 Å². The molecule has 7 heteroatoms. The Kier molecular flexibility index (Phi) is 6.17. The maximum Gasteiger partial charge on any atom is 0.318 e. The van der Waals surface area contributed by atoms with E-state index in [0.29, 0.717) is 38.6 Å². The fraction of sp³-hybridized carbons (Fsp3) is 0.889. The summed E-state index contributed by atoms with van der Waals surface area (Å²) in [5, 5.41) is 2.98. The van der Waals surface area contributed by atoms with Gasteiger partial charge in [0.25, 0.3) is 0 Å². The smallest absolute Gasteiger partial charge is 0.318 e. The van der Waals surface area contributed by atoms with Crippen molar-refractivity contribution in [1.29, 1.82) is 0 Å². The van der Waals surface area contributed by atoms with Crippen LogP contribution in [-0.2, 0) is 9.53 Å². The van der Waals surface area contributed by atoms with E-state index in [1.54, 1.807) is 4.90 Å². The van der Waals surface area contributed by atoms with Crippen molar-refractivity contribution in [2.75, 3.05) is 52.5 Å². The lowest BCUT2D eigenvalue weighted by Crippen LogP contribution is -2.54. The van der Waals surface area contributed by atoms with Crippen LogP contribution in [0.1, 0.15) is 33.1 Å². The van der Waals surface area contributed by atoms with Gasteiger partial charge in [-0.15, -0.1) is 0 Å². The highest BCUT2D eigenvalue weighted by atomic mass is 16.5. The largest absolute Gasteiger partial charge is 0.378 e. The molecular formula is C18H32N4O3. The van der Waals surface area contributed by atoms with Gasteiger partial charge < -0.3 is 19.9 Å². The Morgan fingerprint density at radius 3 is 2.44 bits per heavy atom. The molecular weight excluding hydrogens is 320 g/mol. The van der Waals surface area contributed by atoms with Crippen LogP contribution < -0.4 is 5.32 Å². The summed E-state index contributed by atoms with van der Waals surface area (Å²) in [4.78, 5) is 31.6. The van der Waals surface area contributed by atoms with E-state index in [-0.39, 0.29) is 11.9 Å². The lowest BCUT2D eigenvalue weighted by molar-refractivity contribution is -0.137. The zero-order valence-electron chi connectivity index (χ0n) is 15.6. The molecule has 3 aliphatic rings. The maximum atomic E-state index is 12.7. The average Bonchev–Trinajstić information content (AvgIpc) is 3.46. The Hall–Kier alpha value is -1.34. The number of ether oxygens (including phenoxy) is 1. The number of rotatable bonds is 4. The molecule has 0 bridgehead atoms. The van der Waals surface area contributed by atoms with E-state index >= 15 is 0 Å². The monoisotopic (exact) mass is 352 g/mol. The molecule has 0 aromatic carbocycles. The van der Waals surface area contributed by atoms with Crippen molar-refractivity contribution in [3.05, 3.63) is 0 Å². The number of morpholine rings is 1. The van der Waals surface area contributed by atoms with Gasteiger partial charge in [-0.05, 0) is 25.2 Å². The number of carbonyl (C=O) groups is 2. The Morgan fingerprint density at radius 1 is 1.08 bits per heavy atom. The molecule has 142 valence electrons.